The van der Waals surface area contributed by atoms with Crippen molar-refractivity contribution < 1.29 is 13.5 Å². The fourth-order valence-electron chi connectivity index (χ4n) is 4.14. The van der Waals surface area contributed by atoms with E-state index < -0.39 is 11.8 Å². The van der Waals surface area contributed by atoms with Crippen LogP contribution in [0.3, 0.4) is 0 Å². The van der Waals surface area contributed by atoms with Gasteiger partial charge in [0.15, 0.2) is 0 Å². The summed E-state index contributed by atoms with van der Waals surface area (Å²) >= 11 is 0. The summed E-state index contributed by atoms with van der Waals surface area (Å²) in [6.07, 6.45) is 1.56. The molecule has 2 nitrogen and oxygen atoms in total. The van der Waals surface area contributed by atoms with Crippen molar-refractivity contribution in [1.82, 2.24) is 5.32 Å². The Bertz CT molecular complexity index is 755. The minimum absolute atomic E-state index is 0.167. The minimum atomic E-state index is -2.74. The first-order chi connectivity index (χ1) is 11.6. The molecule has 2 aromatic rings. The maximum Gasteiger partial charge on any atom is 0.262 e. The highest BCUT2D eigenvalue weighted by atomic mass is 19.3. The molecule has 1 N–H and O–H groups in total. The molecule has 24 heavy (non-hydrogen) atoms. The van der Waals surface area contributed by atoms with Gasteiger partial charge < -0.3 is 10.1 Å². The van der Waals surface area contributed by atoms with E-state index >= 15 is 0 Å². The van der Waals surface area contributed by atoms with Crippen LogP contribution >= 0.6 is 0 Å². The lowest BCUT2D eigenvalue weighted by Gasteiger charge is -2.23. The van der Waals surface area contributed by atoms with Crippen molar-refractivity contribution in [2.45, 2.75) is 31.1 Å². The highest BCUT2D eigenvalue weighted by molar-refractivity contribution is 5.53. The normalized spacial score (nSPS) is 21.7. The first-order valence-corrected chi connectivity index (χ1v) is 8.46. The third-order valence-electron chi connectivity index (χ3n) is 5.25. The van der Waals surface area contributed by atoms with Crippen molar-refractivity contribution in [3.8, 4) is 5.75 Å². The van der Waals surface area contributed by atoms with Gasteiger partial charge in [0.05, 0.1) is 13.0 Å². The quantitative estimate of drug-likeness (QED) is 0.907. The number of rotatable bonds is 2. The van der Waals surface area contributed by atoms with Crippen molar-refractivity contribution in [3.05, 3.63) is 64.2 Å². The lowest BCUT2D eigenvalue weighted by atomic mass is 9.85. The number of fused-ring (bicyclic) bond motifs is 3. The van der Waals surface area contributed by atoms with Gasteiger partial charge in [0.25, 0.3) is 5.92 Å². The molecule has 126 valence electrons. The number of nitrogens with one attached hydrogen (secondary N) is 1. The molecule has 0 saturated heterocycles. The average Bonchev–Trinajstić information content (AvgIpc) is 2.73. The Hall–Kier alpha value is -1.94. The van der Waals surface area contributed by atoms with Crippen LogP contribution in [-0.4, -0.2) is 26.1 Å². The van der Waals surface area contributed by atoms with Gasteiger partial charge in [-0.1, -0.05) is 24.3 Å². The van der Waals surface area contributed by atoms with E-state index in [1.54, 1.807) is 31.4 Å². The van der Waals surface area contributed by atoms with E-state index in [-0.39, 0.29) is 6.42 Å². The van der Waals surface area contributed by atoms with Gasteiger partial charge in [-0.2, -0.15) is 0 Å². The molecule has 1 unspecified atom stereocenters. The molecule has 0 fully saturated rings. The molecule has 2 aliphatic rings. The van der Waals surface area contributed by atoms with Crippen LogP contribution in [0.1, 0.15) is 33.7 Å². The van der Waals surface area contributed by atoms with Crippen molar-refractivity contribution >= 4 is 0 Å². The van der Waals surface area contributed by atoms with Crippen LogP contribution in [0.5, 0.6) is 5.75 Å². The SMILES string of the molecule is COc1ccc(C2c3c(ccc4c3CCNCC4)CC2(F)F)cc1. The van der Waals surface area contributed by atoms with Crippen LogP contribution < -0.4 is 10.1 Å². The van der Waals surface area contributed by atoms with Crippen molar-refractivity contribution in [2.75, 3.05) is 20.2 Å². The summed E-state index contributed by atoms with van der Waals surface area (Å²) in [5, 5.41) is 3.37. The maximum absolute atomic E-state index is 14.9. The second-order valence-corrected chi connectivity index (χ2v) is 6.67. The molecule has 1 atom stereocenters. The van der Waals surface area contributed by atoms with Crippen LogP contribution in [0.25, 0.3) is 0 Å². The summed E-state index contributed by atoms with van der Waals surface area (Å²) in [6, 6.07) is 11.1. The van der Waals surface area contributed by atoms with Crippen LogP contribution in [0.4, 0.5) is 8.78 Å². The van der Waals surface area contributed by atoms with E-state index in [1.807, 2.05) is 12.1 Å². The van der Waals surface area contributed by atoms with E-state index in [4.69, 9.17) is 4.74 Å². The molecule has 1 aliphatic carbocycles. The molecule has 0 aromatic heterocycles. The zero-order valence-corrected chi connectivity index (χ0v) is 13.7. The van der Waals surface area contributed by atoms with Crippen molar-refractivity contribution in [3.63, 3.8) is 0 Å². The fraction of sp³-hybridized carbons (Fsp3) is 0.400. The molecule has 0 spiro atoms. The Kier molecular flexibility index (Phi) is 3.80. The van der Waals surface area contributed by atoms with E-state index in [9.17, 15) is 8.78 Å². The molecule has 1 heterocycles. The Morgan fingerprint density at radius 2 is 1.71 bits per heavy atom. The second kappa shape index (κ2) is 5.85. The zero-order chi connectivity index (χ0) is 16.7. The topological polar surface area (TPSA) is 21.3 Å². The Balaban J connectivity index is 1.85. The zero-order valence-electron chi connectivity index (χ0n) is 13.7. The first kappa shape index (κ1) is 15.6. The van der Waals surface area contributed by atoms with Crippen molar-refractivity contribution in [2.24, 2.45) is 0 Å². The minimum Gasteiger partial charge on any atom is -0.497 e. The Labute approximate surface area is 140 Å². The van der Waals surface area contributed by atoms with Gasteiger partial charge in [0.1, 0.15) is 5.75 Å². The summed E-state index contributed by atoms with van der Waals surface area (Å²) in [5.41, 5.74) is 4.70. The maximum atomic E-state index is 14.9. The number of ether oxygens (including phenoxy) is 1. The van der Waals surface area contributed by atoms with Gasteiger partial charge in [-0.05, 0) is 65.9 Å². The Morgan fingerprint density at radius 3 is 2.46 bits per heavy atom. The molecule has 4 heteroatoms. The number of alkyl halides is 2. The summed E-state index contributed by atoms with van der Waals surface area (Å²) in [5.74, 6) is -2.91. The van der Waals surface area contributed by atoms with E-state index in [1.165, 1.54) is 5.56 Å². The third-order valence-corrected chi connectivity index (χ3v) is 5.25. The second-order valence-electron chi connectivity index (χ2n) is 6.67. The van der Waals surface area contributed by atoms with Crippen LogP contribution in [0, 0.1) is 0 Å². The lowest BCUT2D eigenvalue weighted by Crippen LogP contribution is -2.24. The lowest BCUT2D eigenvalue weighted by molar-refractivity contribution is -0.00373. The predicted octanol–water partition coefficient (Wildman–Crippen LogP) is 3.71. The van der Waals surface area contributed by atoms with Crippen LogP contribution in [-0.2, 0) is 19.3 Å². The number of halogens is 2. The number of hydrogen-bond donors (Lipinski definition) is 1. The van der Waals surface area contributed by atoms with Gasteiger partial charge >= 0.3 is 0 Å². The van der Waals surface area contributed by atoms with Gasteiger partial charge in [-0.25, -0.2) is 8.78 Å². The van der Waals surface area contributed by atoms with E-state index in [0.717, 1.165) is 42.6 Å². The van der Waals surface area contributed by atoms with Gasteiger partial charge in [0.2, 0.25) is 0 Å². The fourth-order valence-corrected chi connectivity index (χ4v) is 4.14. The van der Waals surface area contributed by atoms with Gasteiger partial charge in [-0.15, -0.1) is 0 Å². The van der Waals surface area contributed by atoms with Gasteiger partial charge in [0, 0.05) is 6.42 Å². The standard InChI is InChI=1S/C20H21F2NO/c1-24-16-6-4-14(5-7-16)19-18-15(12-20(19,21)22)3-2-13-8-10-23-11-9-17(13)18/h2-7,19,23H,8-12H2,1H3. The molecule has 0 radical (unpaired) electrons. The summed E-state index contributed by atoms with van der Waals surface area (Å²) < 4.78 is 35.0. The molecule has 4 rings (SSSR count). The summed E-state index contributed by atoms with van der Waals surface area (Å²) in [4.78, 5) is 0. The summed E-state index contributed by atoms with van der Waals surface area (Å²) in [6.45, 7) is 1.76. The molecule has 0 amide bonds. The monoisotopic (exact) mass is 329 g/mol. The summed E-state index contributed by atoms with van der Waals surface area (Å²) in [7, 11) is 1.58. The average molecular weight is 329 g/mol. The predicted molar refractivity (Wildman–Crippen MR) is 90.2 cm³/mol. The highest BCUT2D eigenvalue weighted by Crippen LogP contribution is 2.50. The number of hydrogen-bond acceptors (Lipinski definition) is 2. The largest absolute Gasteiger partial charge is 0.497 e. The van der Waals surface area contributed by atoms with Crippen molar-refractivity contribution in [1.29, 1.82) is 0 Å². The Morgan fingerprint density at radius 1 is 1.00 bits per heavy atom. The molecular formula is C20H21F2NO. The molecule has 0 bridgehead atoms. The molecule has 2 aromatic carbocycles. The first-order valence-electron chi connectivity index (χ1n) is 8.46. The van der Waals surface area contributed by atoms with E-state index in [2.05, 4.69) is 5.32 Å². The molecular weight excluding hydrogens is 308 g/mol. The number of benzene rings is 2. The molecule has 1 aliphatic heterocycles. The van der Waals surface area contributed by atoms with E-state index in [0.29, 0.717) is 11.3 Å². The number of methoxy groups -OCH3 is 1. The third kappa shape index (κ3) is 2.49. The smallest absolute Gasteiger partial charge is 0.262 e. The van der Waals surface area contributed by atoms with Gasteiger partial charge in [-0.3, -0.25) is 0 Å². The van der Waals surface area contributed by atoms with Crippen LogP contribution in [0.15, 0.2) is 36.4 Å². The highest BCUT2D eigenvalue weighted by Gasteiger charge is 2.49. The molecule has 0 saturated carbocycles. The van der Waals surface area contributed by atoms with Crippen LogP contribution in [0.2, 0.25) is 0 Å².